The molecule has 1 saturated carbocycles. The predicted molar refractivity (Wildman–Crippen MR) is 92.0 cm³/mol. The van der Waals surface area contributed by atoms with Crippen molar-refractivity contribution in [2.24, 2.45) is 0 Å². The second-order valence-electron chi connectivity index (χ2n) is 6.07. The molecule has 0 aliphatic heterocycles. The summed E-state index contributed by atoms with van der Waals surface area (Å²) in [5, 5.41) is 15.3. The molecule has 3 N–H and O–H groups in total. The van der Waals surface area contributed by atoms with E-state index in [1.165, 1.54) is 6.07 Å². The Kier molecular flexibility index (Phi) is 4.96. The van der Waals surface area contributed by atoms with Crippen LogP contribution in [0.1, 0.15) is 24.8 Å². The van der Waals surface area contributed by atoms with E-state index in [4.69, 9.17) is 0 Å². The van der Waals surface area contributed by atoms with Crippen molar-refractivity contribution in [2.75, 3.05) is 5.32 Å². The zero-order valence-corrected chi connectivity index (χ0v) is 13.3. The normalized spacial score (nSPS) is 19.9. The van der Waals surface area contributed by atoms with Gasteiger partial charge in [0.15, 0.2) is 0 Å². The van der Waals surface area contributed by atoms with Gasteiger partial charge in [0.1, 0.15) is 0 Å². The fourth-order valence-corrected chi connectivity index (χ4v) is 2.93. The van der Waals surface area contributed by atoms with Crippen LogP contribution in [-0.4, -0.2) is 27.9 Å². The minimum atomic E-state index is -0.456. The van der Waals surface area contributed by atoms with E-state index >= 15 is 0 Å². The number of nitrogens with zero attached hydrogens (tertiary/aromatic N) is 1. The van der Waals surface area contributed by atoms with Crippen LogP contribution in [0.3, 0.4) is 0 Å². The number of pyridine rings is 1. The number of urea groups is 1. The first-order valence-corrected chi connectivity index (χ1v) is 8.12. The number of hydrogen-bond donors (Lipinski definition) is 3. The molecule has 1 fully saturated rings. The smallest absolute Gasteiger partial charge is 0.319 e. The molecule has 3 rings (SSSR count). The van der Waals surface area contributed by atoms with Gasteiger partial charge in [0, 0.05) is 18.0 Å². The number of carbonyl (C=O) groups excluding carboxylic acids is 1. The van der Waals surface area contributed by atoms with Crippen LogP contribution in [-0.2, 0) is 6.54 Å². The number of aromatic nitrogens is 1. The highest BCUT2D eigenvalue weighted by atomic mass is 16.3. The summed E-state index contributed by atoms with van der Waals surface area (Å²) < 4.78 is 1.62. The van der Waals surface area contributed by atoms with Gasteiger partial charge in [0.2, 0.25) is 0 Å². The van der Waals surface area contributed by atoms with E-state index in [0.717, 1.165) is 24.8 Å². The number of carbonyl (C=O) groups is 1. The Morgan fingerprint density at radius 3 is 2.62 bits per heavy atom. The molecule has 0 saturated heterocycles. The predicted octanol–water partition coefficient (Wildman–Crippen LogP) is 1.93. The maximum absolute atomic E-state index is 12.0. The van der Waals surface area contributed by atoms with E-state index in [9.17, 15) is 14.7 Å². The highest BCUT2D eigenvalue weighted by Crippen LogP contribution is 2.19. The molecule has 0 unspecified atom stereocenters. The molecule has 0 spiro atoms. The minimum Gasteiger partial charge on any atom is -0.391 e. The Morgan fingerprint density at radius 2 is 1.96 bits per heavy atom. The van der Waals surface area contributed by atoms with Gasteiger partial charge in [0.25, 0.3) is 5.56 Å². The molecule has 2 amide bonds. The number of nitrogens with one attached hydrogen (secondary N) is 2. The number of anilines is 1. The van der Waals surface area contributed by atoms with Gasteiger partial charge in [0.05, 0.1) is 18.7 Å². The highest BCUT2D eigenvalue weighted by molar-refractivity contribution is 5.89. The second-order valence-corrected chi connectivity index (χ2v) is 6.07. The number of amides is 2. The zero-order chi connectivity index (χ0) is 16.9. The number of aliphatic hydroxyl groups is 1. The van der Waals surface area contributed by atoms with E-state index in [0.29, 0.717) is 12.2 Å². The van der Waals surface area contributed by atoms with Crippen molar-refractivity contribution in [3.8, 4) is 0 Å². The molecule has 1 aliphatic carbocycles. The summed E-state index contributed by atoms with van der Waals surface area (Å²) >= 11 is 0. The first-order chi connectivity index (χ1) is 11.6. The molecule has 1 aromatic carbocycles. The Morgan fingerprint density at radius 1 is 1.17 bits per heavy atom. The van der Waals surface area contributed by atoms with Crippen LogP contribution in [0, 0.1) is 0 Å². The number of rotatable bonds is 4. The van der Waals surface area contributed by atoms with Gasteiger partial charge in [-0.2, -0.15) is 0 Å². The van der Waals surface area contributed by atoms with E-state index in [-0.39, 0.29) is 17.6 Å². The maximum atomic E-state index is 12.0. The molecule has 6 nitrogen and oxygen atoms in total. The maximum Gasteiger partial charge on any atom is 0.319 e. The minimum absolute atomic E-state index is 0.0470. The van der Waals surface area contributed by atoms with Crippen molar-refractivity contribution in [1.29, 1.82) is 0 Å². The highest BCUT2D eigenvalue weighted by Gasteiger charge is 2.26. The topological polar surface area (TPSA) is 83.4 Å². The number of aliphatic hydroxyl groups excluding tert-OH is 1. The third-order valence-corrected chi connectivity index (χ3v) is 4.26. The van der Waals surface area contributed by atoms with Gasteiger partial charge in [-0.15, -0.1) is 0 Å². The molecule has 0 bridgehead atoms. The van der Waals surface area contributed by atoms with Crippen molar-refractivity contribution < 1.29 is 9.90 Å². The van der Waals surface area contributed by atoms with Crippen LogP contribution in [0.5, 0.6) is 0 Å². The van der Waals surface area contributed by atoms with E-state index in [1.54, 1.807) is 29.0 Å². The van der Waals surface area contributed by atoms with Crippen molar-refractivity contribution in [3.63, 3.8) is 0 Å². The Bertz CT molecular complexity index is 755. The SMILES string of the molecule is O=C(Nc1ccc(Cn2ccccc2=O)cc1)N[C@@H]1CCC[C@H]1O. The summed E-state index contributed by atoms with van der Waals surface area (Å²) in [6.07, 6.45) is 3.76. The van der Waals surface area contributed by atoms with Gasteiger partial charge in [-0.25, -0.2) is 4.79 Å². The van der Waals surface area contributed by atoms with E-state index in [1.807, 2.05) is 18.2 Å². The van der Waals surface area contributed by atoms with Crippen LogP contribution in [0.4, 0.5) is 10.5 Å². The first kappa shape index (κ1) is 16.3. The molecule has 1 heterocycles. The molecule has 0 radical (unpaired) electrons. The quantitative estimate of drug-likeness (QED) is 0.802. The lowest BCUT2D eigenvalue weighted by atomic mass is 10.2. The average Bonchev–Trinajstić information content (AvgIpc) is 2.96. The molecular weight excluding hydrogens is 306 g/mol. The number of benzene rings is 1. The first-order valence-electron chi connectivity index (χ1n) is 8.12. The molecule has 24 heavy (non-hydrogen) atoms. The van der Waals surface area contributed by atoms with Crippen molar-refractivity contribution in [3.05, 3.63) is 64.6 Å². The van der Waals surface area contributed by atoms with Crippen molar-refractivity contribution in [2.45, 2.75) is 38.0 Å². The molecule has 1 aliphatic rings. The van der Waals surface area contributed by atoms with Crippen LogP contribution in [0.15, 0.2) is 53.5 Å². The fraction of sp³-hybridized carbons (Fsp3) is 0.333. The average molecular weight is 327 g/mol. The van der Waals surface area contributed by atoms with E-state index in [2.05, 4.69) is 10.6 Å². The van der Waals surface area contributed by atoms with Crippen LogP contribution < -0.4 is 16.2 Å². The van der Waals surface area contributed by atoms with Crippen molar-refractivity contribution in [1.82, 2.24) is 9.88 Å². The lowest BCUT2D eigenvalue weighted by Gasteiger charge is -2.17. The van der Waals surface area contributed by atoms with Gasteiger partial charge in [-0.05, 0) is 43.0 Å². The summed E-state index contributed by atoms with van der Waals surface area (Å²) in [6.45, 7) is 0.487. The Labute approximate surface area is 140 Å². The number of hydrogen-bond acceptors (Lipinski definition) is 3. The summed E-state index contributed by atoms with van der Waals surface area (Å²) in [4.78, 5) is 23.7. The van der Waals surface area contributed by atoms with Crippen LogP contribution in [0.25, 0.3) is 0 Å². The summed E-state index contributed by atoms with van der Waals surface area (Å²) in [7, 11) is 0. The fourth-order valence-electron chi connectivity index (χ4n) is 2.93. The van der Waals surface area contributed by atoms with E-state index < -0.39 is 6.10 Å². The standard InChI is InChI=1S/C18H21N3O3/c22-16-5-3-4-15(16)20-18(24)19-14-9-7-13(8-10-14)12-21-11-2-1-6-17(21)23/h1-2,6-11,15-16,22H,3-5,12H2,(H2,19,20,24)/t15-,16-/m1/s1. The molecule has 2 aromatic rings. The Balaban J connectivity index is 1.57. The van der Waals surface area contributed by atoms with Crippen LogP contribution in [0.2, 0.25) is 0 Å². The third-order valence-electron chi connectivity index (χ3n) is 4.26. The lowest BCUT2D eigenvalue weighted by molar-refractivity contribution is 0.151. The third kappa shape index (κ3) is 4.02. The second kappa shape index (κ2) is 7.31. The monoisotopic (exact) mass is 327 g/mol. The molecular formula is C18H21N3O3. The molecule has 2 atom stereocenters. The van der Waals surface area contributed by atoms with Gasteiger partial charge in [-0.3, -0.25) is 4.79 Å². The lowest BCUT2D eigenvalue weighted by Crippen LogP contribution is -2.42. The van der Waals surface area contributed by atoms with Crippen molar-refractivity contribution >= 4 is 11.7 Å². The Hall–Kier alpha value is -2.60. The summed E-state index contributed by atoms with van der Waals surface area (Å²) in [5.74, 6) is 0. The largest absolute Gasteiger partial charge is 0.391 e. The molecule has 126 valence electrons. The summed E-state index contributed by atoms with van der Waals surface area (Å²) in [5.41, 5.74) is 1.60. The van der Waals surface area contributed by atoms with Gasteiger partial charge < -0.3 is 20.3 Å². The van der Waals surface area contributed by atoms with Gasteiger partial charge >= 0.3 is 6.03 Å². The van der Waals surface area contributed by atoms with Gasteiger partial charge in [-0.1, -0.05) is 18.2 Å². The summed E-state index contributed by atoms with van der Waals surface area (Å²) in [6, 6.07) is 11.9. The zero-order valence-electron chi connectivity index (χ0n) is 13.3. The van der Waals surface area contributed by atoms with Crippen LogP contribution >= 0.6 is 0 Å². The molecule has 1 aromatic heterocycles. The molecule has 6 heteroatoms.